The predicted octanol–water partition coefficient (Wildman–Crippen LogP) is 4.71. The molecule has 0 saturated carbocycles. The van der Waals surface area contributed by atoms with E-state index in [9.17, 15) is 8.42 Å². The molecule has 3 aromatic rings. The fourth-order valence-electron chi connectivity index (χ4n) is 4.51. The van der Waals surface area contributed by atoms with E-state index >= 15 is 0 Å². The fraction of sp³-hybridized carbons (Fsp3) is 0.280. The molecule has 0 aliphatic carbocycles. The molecule has 1 heterocycles. The van der Waals surface area contributed by atoms with E-state index in [-0.39, 0.29) is 17.0 Å². The van der Waals surface area contributed by atoms with Gasteiger partial charge in [-0.05, 0) is 26.0 Å². The van der Waals surface area contributed by atoms with Crippen LogP contribution in [0.15, 0.2) is 89.8 Å². The first-order valence-corrected chi connectivity index (χ1v) is 11.8. The van der Waals surface area contributed by atoms with Gasteiger partial charge in [0.25, 0.3) is 10.1 Å². The molecule has 1 aliphatic rings. The standard InChI is InChI=1S/C25H28NO3S/c1-3-26(25(21-10-6-4-7-11-21)22-12-8-5-9-13-22)18-23(19-26)29-30(27,28)24-16-14-20(2)15-17-24/h4-17,23,25H,3,18-19H2,1-2H3/q+1. The van der Waals surface area contributed by atoms with E-state index in [0.717, 1.165) is 16.6 Å². The number of likely N-dealkylation sites (tertiary alicyclic amines) is 1. The number of aryl methyl sites for hydroxylation is 1. The molecule has 5 heteroatoms. The van der Waals surface area contributed by atoms with Crippen LogP contribution in [-0.4, -0.2) is 38.6 Å². The van der Waals surface area contributed by atoms with Crippen molar-refractivity contribution in [2.75, 3.05) is 19.6 Å². The van der Waals surface area contributed by atoms with Gasteiger partial charge in [-0.25, -0.2) is 0 Å². The zero-order chi connectivity index (χ0) is 21.2. The third-order valence-corrected chi connectivity index (χ3v) is 7.49. The minimum atomic E-state index is -3.76. The second kappa shape index (κ2) is 8.34. The van der Waals surface area contributed by atoms with E-state index in [1.165, 1.54) is 11.1 Å². The van der Waals surface area contributed by atoms with E-state index in [4.69, 9.17) is 4.18 Å². The van der Waals surface area contributed by atoms with Gasteiger partial charge in [0.05, 0.1) is 11.4 Å². The Balaban J connectivity index is 1.58. The molecule has 4 rings (SSSR count). The highest BCUT2D eigenvalue weighted by Gasteiger charge is 2.51. The summed E-state index contributed by atoms with van der Waals surface area (Å²) in [5, 5.41) is 0. The van der Waals surface area contributed by atoms with Gasteiger partial charge < -0.3 is 4.48 Å². The van der Waals surface area contributed by atoms with Crippen molar-refractivity contribution < 1.29 is 17.1 Å². The number of likely N-dealkylation sites (N-methyl/N-ethyl adjacent to an activating group) is 1. The first-order valence-electron chi connectivity index (χ1n) is 10.4. The lowest BCUT2D eigenvalue weighted by molar-refractivity contribution is -0.991. The molecule has 30 heavy (non-hydrogen) atoms. The van der Waals surface area contributed by atoms with Crippen LogP contribution in [0.5, 0.6) is 0 Å². The van der Waals surface area contributed by atoms with E-state index in [0.29, 0.717) is 13.1 Å². The van der Waals surface area contributed by atoms with Gasteiger partial charge in [-0.1, -0.05) is 78.4 Å². The lowest BCUT2D eigenvalue weighted by atomic mass is 9.90. The number of rotatable bonds is 7. The number of benzene rings is 3. The lowest BCUT2D eigenvalue weighted by Crippen LogP contribution is -2.68. The van der Waals surface area contributed by atoms with Gasteiger partial charge in [0.2, 0.25) is 0 Å². The van der Waals surface area contributed by atoms with E-state index in [2.05, 4.69) is 55.5 Å². The molecule has 4 nitrogen and oxygen atoms in total. The van der Waals surface area contributed by atoms with Gasteiger partial charge in [0, 0.05) is 11.1 Å². The van der Waals surface area contributed by atoms with Crippen molar-refractivity contribution in [3.8, 4) is 0 Å². The Morgan fingerprint density at radius 3 is 1.83 bits per heavy atom. The van der Waals surface area contributed by atoms with Crippen molar-refractivity contribution in [1.29, 1.82) is 0 Å². The first kappa shape index (κ1) is 20.8. The summed E-state index contributed by atoms with van der Waals surface area (Å²) in [6.07, 6.45) is -0.314. The molecule has 1 fully saturated rings. The largest absolute Gasteiger partial charge is 0.309 e. The molecule has 0 bridgehead atoms. The van der Waals surface area contributed by atoms with Crippen LogP contribution in [0.4, 0.5) is 0 Å². The zero-order valence-electron chi connectivity index (χ0n) is 17.4. The molecule has 0 atom stereocenters. The normalized spacial score (nSPS) is 21.4. The maximum absolute atomic E-state index is 12.7. The van der Waals surface area contributed by atoms with Crippen molar-refractivity contribution >= 4 is 10.1 Å². The third-order valence-electron chi connectivity index (χ3n) is 6.12. The van der Waals surface area contributed by atoms with Crippen molar-refractivity contribution in [3.63, 3.8) is 0 Å². The monoisotopic (exact) mass is 422 g/mol. The molecule has 0 radical (unpaired) electrons. The van der Waals surface area contributed by atoms with Crippen LogP contribution in [0, 0.1) is 6.92 Å². The quantitative estimate of drug-likeness (QED) is 0.409. The molecule has 0 aromatic heterocycles. The summed E-state index contributed by atoms with van der Waals surface area (Å²) < 4.78 is 31.9. The fourth-order valence-corrected chi connectivity index (χ4v) is 5.57. The Hall–Kier alpha value is -2.47. The molecule has 0 spiro atoms. The topological polar surface area (TPSA) is 43.4 Å². The number of hydrogen-bond donors (Lipinski definition) is 0. The maximum Gasteiger partial charge on any atom is 0.297 e. The number of quaternary nitrogens is 1. The van der Waals surface area contributed by atoms with Crippen molar-refractivity contribution in [2.24, 2.45) is 0 Å². The SMILES string of the molecule is CC[N+]1(C(c2ccccc2)c2ccccc2)CC(OS(=O)(=O)c2ccc(C)cc2)C1. The Bertz CT molecular complexity index is 1030. The average Bonchev–Trinajstić information content (AvgIpc) is 2.73. The summed E-state index contributed by atoms with van der Waals surface area (Å²) >= 11 is 0. The molecular formula is C25H28NO3S+. The summed E-state index contributed by atoms with van der Waals surface area (Å²) in [6.45, 7) is 6.33. The van der Waals surface area contributed by atoms with Gasteiger partial charge >= 0.3 is 0 Å². The van der Waals surface area contributed by atoms with Crippen molar-refractivity contribution in [2.45, 2.75) is 30.9 Å². The van der Waals surface area contributed by atoms with Crippen molar-refractivity contribution in [1.82, 2.24) is 0 Å². The van der Waals surface area contributed by atoms with E-state index in [1.54, 1.807) is 24.3 Å². The van der Waals surface area contributed by atoms with Gasteiger partial charge in [-0.2, -0.15) is 8.42 Å². The van der Waals surface area contributed by atoms with Gasteiger partial charge in [-0.15, -0.1) is 0 Å². The van der Waals surface area contributed by atoms with Crippen molar-refractivity contribution in [3.05, 3.63) is 102 Å². The Morgan fingerprint density at radius 2 is 1.37 bits per heavy atom. The van der Waals surface area contributed by atoms with Crippen LogP contribution in [0.1, 0.15) is 29.7 Å². The molecule has 0 amide bonds. The molecule has 1 aliphatic heterocycles. The zero-order valence-corrected chi connectivity index (χ0v) is 18.3. The molecule has 156 valence electrons. The first-order chi connectivity index (χ1) is 14.4. The van der Waals surface area contributed by atoms with Gasteiger partial charge in [-0.3, -0.25) is 4.18 Å². The summed E-state index contributed by atoms with van der Waals surface area (Å²) in [7, 11) is -3.76. The maximum atomic E-state index is 12.7. The van der Waals surface area contributed by atoms with Crippen LogP contribution in [-0.2, 0) is 14.3 Å². The lowest BCUT2D eigenvalue weighted by Gasteiger charge is -2.53. The van der Waals surface area contributed by atoms with Gasteiger partial charge in [0.1, 0.15) is 19.1 Å². The minimum Gasteiger partial charge on any atom is -0.309 e. The highest BCUT2D eigenvalue weighted by atomic mass is 32.2. The average molecular weight is 423 g/mol. The molecule has 0 N–H and O–H groups in total. The minimum absolute atomic E-state index is 0.152. The molecule has 3 aromatic carbocycles. The van der Waals surface area contributed by atoms with E-state index < -0.39 is 10.1 Å². The number of nitrogens with zero attached hydrogens (tertiary/aromatic N) is 1. The third kappa shape index (κ3) is 4.06. The van der Waals surface area contributed by atoms with Gasteiger partial charge in [0.15, 0.2) is 6.10 Å². The van der Waals surface area contributed by atoms with Crippen LogP contribution < -0.4 is 0 Å². The van der Waals surface area contributed by atoms with Crippen LogP contribution in [0.3, 0.4) is 0 Å². The van der Waals surface area contributed by atoms with E-state index in [1.807, 2.05) is 19.1 Å². The summed E-state index contributed by atoms with van der Waals surface area (Å²) in [5.74, 6) is 0. The van der Waals surface area contributed by atoms with Crippen LogP contribution in [0.25, 0.3) is 0 Å². The summed E-state index contributed by atoms with van der Waals surface area (Å²) in [4.78, 5) is 0.220. The second-order valence-electron chi connectivity index (χ2n) is 8.11. The molecule has 0 unspecified atom stereocenters. The number of hydrogen-bond acceptors (Lipinski definition) is 3. The molecule has 1 saturated heterocycles. The second-order valence-corrected chi connectivity index (χ2v) is 9.68. The predicted molar refractivity (Wildman–Crippen MR) is 119 cm³/mol. The Kier molecular flexibility index (Phi) is 5.78. The molecular weight excluding hydrogens is 394 g/mol. The summed E-state index contributed by atoms with van der Waals surface area (Å²) in [6, 6.07) is 27.9. The Labute approximate surface area is 179 Å². The van der Waals surface area contributed by atoms with Crippen LogP contribution in [0.2, 0.25) is 0 Å². The van der Waals surface area contributed by atoms with Crippen LogP contribution >= 0.6 is 0 Å². The summed E-state index contributed by atoms with van der Waals surface area (Å²) in [5.41, 5.74) is 3.50. The highest BCUT2D eigenvalue weighted by Crippen LogP contribution is 2.41. The highest BCUT2D eigenvalue weighted by molar-refractivity contribution is 7.86. The Morgan fingerprint density at radius 1 is 0.867 bits per heavy atom. The smallest absolute Gasteiger partial charge is 0.297 e.